The third kappa shape index (κ3) is 4.22. The van der Waals surface area contributed by atoms with Crippen molar-refractivity contribution in [1.29, 1.82) is 0 Å². The van der Waals surface area contributed by atoms with Gasteiger partial charge in [-0.3, -0.25) is 0 Å². The van der Waals surface area contributed by atoms with Crippen LogP contribution in [0.25, 0.3) is 0 Å². The molecule has 112 valence electrons. The summed E-state index contributed by atoms with van der Waals surface area (Å²) in [5.74, 6) is 1.56. The van der Waals surface area contributed by atoms with Gasteiger partial charge in [0.1, 0.15) is 5.75 Å². The molecule has 0 radical (unpaired) electrons. The summed E-state index contributed by atoms with van der Waals surface area (Å²) in [6, 6.07) is 8.01. The van der Waals surface area contributed by atoms with Crippen LogP contribution in [0.5, 0.6) is 5.75 Å². The fourth-order valence-electron chi connectivity index (χ4n) is 2.96. The fourth-order valence-corrected chi connectivity index (χ4v) is 2.96. The Morgan fingerprint density at radius 2 is 2.00 bits per heavy atom. The molecule has 1 saturated carbocycles. The van der Waals surface area contributed by atoms with Crippen molar-refractivity contribution >= 4 is 0 Å². The zero-order valence-electron chi connectivity index (χ0n) is 12.7. The summed E-state index contributed by atoms with van der Waals surface area (Å²) in [5, 5.41) is 0. The second-order valence-electron chi connectivity index (χ2n) is 5.89. The summed E-state index contributed by atoms with van der Waals surface area (Å²) >= 11 is 0. The Morgan fingerprint density at radius 3 is 2.65 bits per heavy atom. The molecule has 1 aliphatic carbocycles. The van der Waals surface area contributed by atoms with E-state index in [1.807, 2.05) is 25.1 Å². The maximum absolute atomic E-state index is 6.15. The van der Waals surface area contributed by atoms with Crippen LogP contribution in [0.4, 0.5) is 0 Å². The zero-order chi connectivity index (χ0) is 14.4. The summed E-state index contributed by atoms with van der Waals surface area (Å²) < 4.78 is 11.4. The molecule has 2 N–H and O–H groups in total. The Kier molecular flexibility index (Phi) is 5.86. The van der Waals surface area contributed by atoms with E-state index in [2.05, 4.69) is 6.07 Å². The molecule has 0 heterocycles. The normalized spacial score (nSPS) is 19.6. The highest BCUT2D eigenvalue weighted by Gasteiger charge is 2.21. The quantitative estimate of drug-likeness (QED) is 0.862. The predicted molar refractivity (Wildman–Crippen MR) is 81.9 cm³/mol. The van der Waals surface area contributed by atoms with E-state index < -0.39 is 0 Å². The lowest BCUT2D eigenvalue weighted by Crippen LogP contribution is -2.29. The lowest BCUT2D eigenvalue weighted by atomic mass is 9.90. The first kappa shape index (κ1) is 15.3. The molecule has 1 fully saturated rings. The van der Waals surface area contributed by atoms with Crippen molar-refractivity contribution in [2.24, 2.45) is 11.7 Å². The molecule has 0 bridgehead atoms. The molecule has 2 rings (SSSR count). The van der Waals surface area contributed by atoms with Gasteiger partial charge in [0, 0.05) is 6.04 Å². The van der Waals surface area contributed by atoms with Crippen LogP contribution < -0.4 is 10.5 Å². The number of rotatable bonds is 6. The average Bonchev–Trinajstić information content (AvgIpc) is 2.48. The van der Waals surface area contributed by atoms with Crippen molar-refractivity contribution in [2.45, 2.75) is 51.2 Å². The van der Waals surface area contributed by atoms with E-state index in [0.29, 0.717) is 5.92 Å². The SMILES string of the molecule is COc1cccc(C(OCC2CCCCC2)C(C)N)c1. The van der Waals surface area contributed by atoms with E-state index in [4.69, 9.17) is 15.2 Å². The summed E-state index contributed by atoms with van der Waals surface area (Å²) in [7, 11) is 1.68. The molecular weight excluding hydrogens is 250 g/mol. The molecule has 0 aromatic heterocycles. The lowest BCUT2D eigenvalue weighted by molar-refractivity contribution is 0.00813. The third-order valence-corrected chi connectivity index (χ3v) is 4.14. The molecule has 2 unspecified atom stereocenters. The van der Waals surface area contributed by atoms with Gasteiger partial charge in [-0.05, 0) is 43.4 Å². The Hall–Kier alpha value is -1.06. The van der Waals surface area contributed by atoms with Crippen molar-refractivity contribution < 1.29 is 9.47 Å². The molecule has 1 aromatic carbocycles. The van der Waals surface area contributed by atoms with Gasteiger partial charge in [0.05, 0.1) is 19.8 Å². The first-order valence-electron chi connectivity index (χ1n) is 7.72. The molecule has 3 nitrogen and oxygen atoms in total. The number of hydrogen-bond acceptors (Lipinski definition) is 3. The van der Waals surface area contributed by atoms with Crippen LogP contribution in [-0.2, 0) is 4.74 Å². The van der Waals surface area contributed by atoms with Crippen molar-refractivity contribution in [3.63, 3.8) is 0 Å². The molecule has 0 amide bonds. The van der Waals surface area contributed by atoms with Gasteiger partial charge < -0.3 is 15.2 Å². The number of nitrogens with two attached hydrogens (primary N) is 1. The van der Waals surface area contributed by atoms with Gasteiger partial charge in [-0.1, -0.05) is 31.4 Å². The van der Waals surface area contributed by atoms with Crippen LogP contribution in [0, 0.1) is 5.92 Å². The minimum absolute atomic E-state index is 0.0225. The zero-order valence-corrected chi connectivity index (χ0v) is 12.7. The van der Waals surface area contributed by atoms with E-state index >= 15 is 0 Å². The predicted octanol–water partition coefficient (Wildman–Crippen LogP) is 3.68. The first-order chi connectivity index (χ1) is 9.70. The molecule has 1 aromatic rings. The van der Waals surface area contributed by atoms with Gasteiger partial charge in [0.2, 0.25) is 0 Å². The Bertz CT molecular complexity index is 400. The molecular formula is C17H27NO2. The van der Waals surface area contributed by atoms with Gasteiger partial charge in [0.25, 0.3) is 0 Å². The number of hydrogen-bond donors (Lipinski definition) is 1. The van der Waals surface area contributed by atoms with Crippen LogP contribution in [-0.4, -0.2) is 19.8 Å². The second-order valence-corrected chi connectivity index (χ2v) is 5.89. The summed E-state index contributed by atoms with van der Waals surface area (Å²) in [4.78, 5) is 0. The van der Waals surface area contributed by atoms with Gasteiger partial charge in [-0.15, -0.1) is 0 Å². The minimum Gasteiger partial charge on any atom is -0.497 e. The molecule has 1 aliphatic rings. The van der Waals surface area contributed by atoms with E-state index in [1.165, 1.54) is 32.1 Å². The number of benzene rings is 1. The standard InChI is InChI=1S/C17H27NO2/c1-13(18)17(15-9-6-10-16(11-15)19-2)20-12-14-7-4-3-5-8-14/h6,9-11,13-14,17H,3-5,7-8,12,18H2,1-2H3. The summed E-state index contributed by atoms with van der Waals surface area (Å²) in [5.41, 5.74) is 7.22. The van der Waals surface area contributed by atoms with Gasteiger partial charge >= 0.3 is 0 Å². The lowest BCUT2D eigenvalue weighted by Gasteiger charge is -2.27. The number of methoxy groups -OCH3 is 1. The van der Waals surface area contributed by atoms with E-state index in [9.17, 15) is 0 Å². The molecule has 0 spiro atoms. The first-order valence-corrected chi connectivity index (χ1v) is 7.72. The van der Waals surface area contributed by atoms with E-state index in [1.54, 1.807) is 7.11 Å². The average molecular weight is 277 g/mol. The topological polar surface area (TPSA) is 44.5 Å². The van der Waals surface area contributed by atoms with Crippen molar-refractivity contribution in [2.75, 3.05) is 13.7 Å². The van der Waals surface area contributed by atoms with Crippen LogP contribution >= 0.6 is 0 Å². The highest BCUT2D eigenvalue weighted by atomic mass is 16.5. The van der Waals surface area contributed by atoms with Gasteiger partial charge in [0.15, 0.2) is 0 Å². The van der Waals surface area contributed by atoms with E-state index in [0.717, 1.165) is 17.9 Å². The van der Waals surface area contributed by atoms with Crippen LogP contribution in [0.3, 0.4) is 0 Å². The van der Waals surface area contributed by atoms with Crippen molar-refractivity contribution in [1.82, 2.24) is 0 Å². The summed E-state index contributed by atoms with van der Waals surface area (Å²) in [6.45, 7) is 2.83. The minimum atomic E-state index is -0.0490. The Labute approximate surface area is 122 Å². The molecule has 0 saturated heterocycles. The molecule has 2 atom stereocenters. The Balaban J connectivity index is 1.98. The van der Waals surface area contributed by atoms with Gasteiger partial charge in [-0.25, -0.2) is 0 Å². The van der Waals surface area contributed by atoms with Crippen molar-refractivity contribution in [3.05, 3.63) is 29.8 Å². The molecule has 0 aliphatic heterocycles. The van der Waals surface area contributed by atoms with Crippen LogP contribution in [0.2, 0.25) is 0 Å². The highest BCUT2D eigenvalue weighted by molar-refractivity contribution is 5.30. The monoisotopic (exact) mass is 277 g/mol. The van der Waals surface area contributed by atoms with Crippen LogP contribution in [0.15, 0.2) is 24.3 Å². The smallest absolute Gasteiger partial charge is 0.119 e. The van der Waals surface area contributed by atoms with Crippen LogP contribution in [0.1, 0.15) is 50.7 Å². The highest BCUT2D eigenvalue weighted by Crippen LogP contribution is 2.28. The van der Waals surface area contributed by atoms with E-state index in [-0.39, 0.29) is 12.1 Å². The fraction of sp³-hybridized carbons (Fsp3) is 0.647. The summed E-state index contributed by atoms with van der Waals surface area (Å²) in [6.07, 6.45) is 6.61. The largest absolute Gasteiger partial charge is 0.497 e. The Morgan fingerprint density at radius 1 is 1.25 bits per heavy atom. The molecule has 20 heavy (non-hydrogen) atoms. The van der Waals surface area contributed by atoms with Gasteiger partial charge in [-0.2, -0.15) is 0 Å². The van der Waals surface area contributed by atoms with Crippen molar-refractivity contribution in [3.8, 4) is 5.75 Å². The third-order valence-electron chi connectivity index (χ3n) is 4.14. The number of ether oxygens (including phenoxy) is 2. The second kappa shape index (κ2) is 7.65. The molecule has 3 heteroatoms. The maximum atomic E-state index is 6.15. The maximum Gasteiger partial charge on any atom is 0.119 e.